The summed E-state index contributed by atoms with van der Waals surface area (Å²) in [5, 5.41) is 30.6. The van der Waals surface area contributed by atoms with Crippen molar-refractivity contribution in [2.75, 3.05) is 19.8 Å². The molecule has 304 valence electrons. The van der Waals surface area contributed by atoms with Gasteiger partial charge in [0.25, 0.3) is 5.91 Å². The van der Waals surface area contributed by atoms with Crippen molar-refractivity contribution in [3.05, 3.63) is 94.3 Å². The van der Waals surface area contributed by atoms with E-state index in [1.165, 1.54) is 38.1 Å². The van der Waals surface area contributed by atoms with E-state index >= 15 is 0 Å². The predicted molar refractivity (Wildman–Crippen MR) is 211 cm³/mol. The zero-order chi connectivity index (χ0) is 41.5. The van der Waals surface area contributed by atoms with E-state index in [1.807, 2.05) is 0 Å². The number of carbonyl (C=O) groups excluding carboxylic acids is 5. The van der Waals surface area contributed by atoms with Gasteiger partial charge in [0.2, 0.25) is 6.29 Å². The largest absolute Gasteiger partial charge is 0.511 e. The maximum absolute atomic E-state index is 14.1. The average molecular weight is 786 g/mol. The van der Waals surface area contributed by atoms with Crippen LogP contribution < -0.4 is 5.32 Å². The Bertz CT molecular complexity index is 1940. The highest BCUT2D eigenvalue weighted by atomic mass is 16.8. The van der Waals surface area contributed by atoms with Gasteiger partial charge in [-0.3, -0.25) is 14.4 Å². The molecule has 57 heavy (non-hydrogen) atoms. The van der Waals surface area contributed by atoms with Crippen molar-refractivity contribution < 1.29 is 53.1 Å². The van der Waals surface area contributed by atoms with E-state index in [-0.39, 0.29) is 52.4 Å². The van der Waals surface area contributed by atoms with Crippen LogP contribution in [0.25, 0.3) is 17.2 Å². The highest BCUT2D eigenvalue weighted by Crippen LogP contribution is 2.33. The molecular formula is C43H51N3O11. The number of aliphatic hydroxyl groups excluding tert-OH is 2. The summed E-state index contributed by atoms with van der Waals surface area (Å²) < 4.78 is 20.6. The molecule has 1 amide bonds. The van der Waals surface area contributed by atoms with Gasteiger partial charge in [0.15, 0.2) is 11.5 Å². The summed E-state index contributed by atoms with van der Waals surface area (Å²) in [5.41, 5.74) is 2.02. The molecule has 0 bridgehead atoms. The third-order valence-electron chi connectivity index (χ3n) is 9.17. The van der Waals surface area contributed by atoms with Crippen molar-refractivity contribution in [1.82, 2.24) is 10.3 Å². The molecular weight excluding hydrogens is 734 g/mol. The first-order chi connectivity index (χ1) is 27.4. The molecule has 1 aliphatic rings. The maximum Gasteiger partial charge on any atom is 0.511 e. The van der Waals surface area contributed by atoms with Crippen LogP contribution in [0.2, 0.25) is 0 Å². The van der Waals surface area contributed by atoms with Gasteiger partial charge < -0.3 is 39.9 Å². The number of rotatable bonds is 22. The van der Waals surface area contributed by atoms with Crippen LogP contribution in [0.3, 0.4) is 0 Å². The van der Waals surface area contributed by atoms with E-state index in [2.05, 4.69) is 23.8 Å². The molecule has 1 heterocycles. The lowest BCUT2D eigenvalue weighted by molar-refractivity contribution is -0.142. The number of aliphatic hydroxyl groups is 2. The topological polar surface area (TPSA) is 211 Å². The lowest BCUT2D eigenvalue weighted by atomic mass is 9.89. The van der Waals surface area contributed by atoms with Crippen molar-refractivity contribution in [1.29, 1.82) is 5.41 Å². The molecule has 0 spiro atoms. The van der Waals surface area contributed by atoms with Crippen molar-refractivity contribution in [3.8, 4) is 11.1 Å². The number of aromatic nitrogens is 1. The summed E-state index contributed by atoms with van der Waals surface area (Å²) in [6.45, 7) is 8.48. The number of unbranched alkanes of at least 4 members (excludes halogenated alkanes) is 3. The fraction of sp³-hybridized carbons (Fsp3) is 0.419. The molecule has 4 rings (SSSR count). The fourth-order valence-electron chi connectivity index (χ4n) is 5.76. The van der Waals surface area contributed by atoms with E-state index in [9.17, 15) is 34.2 Å². The van der Waals surface area contributed by atoms with Gasteiger partial charge in [0.05, 0.1) is 26.2 Å². The second-order valence-corrected chi connectivity index (χ2v) is 13.9. The number of hydrogen-bond acceptors (Lipinski definition) is 13. The highest BCUT2D eigenvalue weighted by Gasteiger charge is 2.28. The molecule has 14 nitrogen and oxygen atoms in total. The average Bonchev–Trinajstić information content (AvgIpc) is 4.03. The molecule has 2 aromatic carbocycles. The molecule has 2 unspecified atom stereocenters. The Morgan fingerprint density at radius 3 is 2.35 bits per heavy atom. The van der Waals surface area contributed by atoms with Gasteiger partial charge in [-0.15, -0.1) is 0 Å². The maximum atomic E-state index is 14.1. The monoisotopic (exact) mass is 785 g/mol. The van der Waals surface area contributed by atoms with Crippen molar-refractivity contribution >= 4 is 41.6 Å². The Hall–Kier alpha value is -5.73. The number of nitrogens with zero attached hydrogens (tertiary/aromatic N) is 1. The van der Waals surface area contributed by atoms with Crippen molar-refractivity contribution in [2.24, 2.45) is 5.92 Å². The normalized spacial score (nSPS) is 13.1. The quantitative estimate of drug-likeness (QED) is 0.0219. The molecule has 4 N–H and O–H groups in total. The van der Waals surface area contributed by atoms with E-state index in [0.29, 0.717) is 41.3 Å². The van der Waals surface area contributed by atoms with Crippen LogP contribution in [0.5, 0.6) is 0 Å². The Balaban J connectivity index is 1.63. The van der Waals surface area contributed by atoms with Crippen LogP contribution in [0.1, 0.15) is 119 Å². The van der Waals surface area contributed by atoms with Gasteiger partial charge in [-0.25, -0.2) is 14.6 Å². The first-order valence-corrected chi connectivity index (χ1v) is 19.1. The number of carbonyl (C=O) groups is 5. The zero-order valence-corrected chi connectivity index (χ0v) is 32.6. The van der Waals surface area contributed by atoms with Gasteiger partial charge in [0, 0.05) is 36.7 Å². The highest BCUT2D eigenvalue weighted by molar-refractivity contribution is 6.09. The minimum absolute atomic E-state index is 0.0804. The van der Waals surface area contributed by atoms with Crippen LogP contribution in [-0.2, 0) is 36.8 Å². The van der Waals surface area contributed by atoms with Crippen LogP contribution in [0.4, 0.5) is 4.79 Å². The molecule has 0 saturated heterocycles. The number of pyridine rings is 1. The number of esters is 2. The molecule has 1 saturated carbocycles. The minimum Gasteiger partial charge on any atom is -0.465 e. The van der Waals surface area contributed by atoms with E-state index in [1.54, 1.807) is 30.3 Å². The summed E-state index contributed by atoms with van der Waals surface area (Å²) in [5.74, 6) is -2.11. The fourth-order valence-corrected chi connectivity index (χ4v) is 5.76. The second kappa shape index (κ2) is 21.5. The number of benzene rings is 2. The van der Waals surface area contributed by atoms with Gasteiger partial charge in [-0.2, -0.15) is 0 Å². The minimum atomic E-state index is -1.49. The number of hydrogen-bond donors (Lipinski definition) is 4. The van der Waals surface area contributed by atoms with Gasteiger partial charge in [-0.05, 0) is 84.2 Å². The Morgan fingerprint density at radius 2 is 1.70 bits per heavy atom. The first-order valence-electron chi connectivity index (χ1n) is 19.1. The lowest BCUT2D eigenvalue weighted by Crippen LogP contribution is -2.28. The summed E-state index contributed by atoms with van der Waals surface area (Å²) in [6, 6.07) is 12.6. The Labute approximate surface area is 332 Å². The zero-order valence-electron chi connectivity index (χ0n) is 32.6. The summed E-state index contributed by atoms with van der Waals surface area (Å²) >= 11 is 0. The molecule has 1 aliphatic carbocycles. The second-order valence-electron chi connectivity index (χ2n) is 13.9. The van der Waals surface area contributed by atoms with Gasteiger partial charge >= 0.3 is 18.1 Å². The van der Waals surface area contributed by atoms with E-state index in [0.717, 1.165) is 38.5 Å². The lowest BCUT2D eigenvalue weighted by Gasteiger charge is -2.19. The summed E-state index contributed by atoms with van der Waals surface area (Å²) in [7, 11) is 0. The summed E-state index contributed by atoms with van der Waals surface area (Å²) in [4.78, 5) is 69.8. The molecule has 2 atom stereocenters. The van der Waals surface area contributed by atoms with Crippen LogP contribution >= 0.6 is 0 Å². The number of Topliss-reactive ketones (excluding diaryl/α,β-unsaturated/α-hetero) is 1. The molecule has 3 aromatic rings. The van der Waals surface area contributed by atoms with E-state index < -0.39 is 49.6 Å². The molecule has 1 aromatic heterocycles. The summed E-state index contributed by atoms with van der Waals surface area (Å²) in [6.07, 6.45) is 3.51. The van der Waals surface area contributed by atoms with Crippen LogP contribution in [-0.4, -0.2) is 82.8 Å². The standard InChI is InChI=1S/C43H51N3O11/c1-5-7-8-9-18-54-39(50)22-36(44)31-14-12-28(13-15-31)19-38(49)35-20-30(6-2)32(25-48)21-34(35)33-16-17-37(41(51)45-23-29-10-11-29)46-40(33)42(52)56-27(4)57-43(53)55-26(3)24-47/h6,12-17,20-21,26-27,29,44,47-48H,2,5,7-11,18-19,22-25H2,1,3-4H3,(H,45,51). The third-order valence-corrected chi connectivity index (χ3v) is 9.17. The van der Waals surface area contributed by atoms with Crippen molar-refractivity contribution in [3.63, 3.8) is 0 Å². The van der Waals surface area contributed by atoms with E-state index in [4.69, 9.17) is 24.4 Å². The number of ketones is 1. The third kappa shape index (κ3) is 13.2. The van der Waals surface area contributed by atoms with Gasteiger partial charge in [-0.1, -0.05) is 63.1 Å². The number of ether oxygens (including phenoxy) is 4. The molecule has 0 aliphatic heterocycles. The van der Waals surface area contributed by atoms with Crippen LogP contribution in [0, 0.1) is 11.3 Å². The molecule has 14 heteroatoms. The predicted octanol–water partition coefficient (Wildman–Crippen LogP) is 6.37. The van der Waals surface area contributed by atoms with Crippen molar-refractivity contribution in [2.45, 2.75) is 91.1 Å². The SMILES string of the molecule is C=Cc1cc(C(=O)Cc2ccc(C(=N)CC(=O)OCCCCCC)cc2)c(-c2ccc(C(=O)NCC3CC3)nc2C(=O)OC(C)OC(=O)OC(C)CO)cc1CO. The Morgan fingerprint density at radius 1 is 0.965 bits per heavy atom. The smallest absolute Gasteiger partial charge is 0.465 e. The van der Waals surface area contributed by atoms with Gasteiger partial charge in [0.1, 0.15) is 11.8 Å². The van der Waals surface area contributed by atoms with Crippen LogP contribution in [0.15, 0.2) is 55.1 Å². The number of amides is 1. The first kappa shape index (κ1) is 44.0. The molecule has 0 radical (unpaired) electrons. The Kier molecular flexibility index (Phi) is 16.6. The molecule has 1 fully saturated rings. The number of nitrogens with one attached hydrogen (secondary N) is 2.